The number of fused-ring (bicyclic) bond motifs is 3. The van der Waals surface area contributed by atoms with Crippen molar-refractivity contribution in [3.63, 3.8) is 0 Å². The van der Waals surface area contributed by atoms with Crippen molar-refractivity contribution < 1.29 is 0 Å². The number of rotatable bonds is 4. The van der Waals surface area contributed by atoms with E-state index >= 15 is 0 Å². The quantitative estimate of drug-likeness (QED) is 0.815. The number of hydrogen-bond acceptors (Lipinski definition) is 4. The smallest absolute Gasteiger partial charge is 0.262 e. The molecule has 0 N–H and O–H groups in total. The molecule has 0 atom stereocenters. The van der Waals surface area contributed by atoms with Crippen LogP contribution in [0.2, 0.25) is 0 Å². The number of aryl methyl sites for hydroxylation is 3. The van der Waals surface area contributed by atoms with E-state index in [0.717, 1.165) is 35.3 Å². The molecule has 3 rings (SSSR count). The first-order chi connectivity index (χ1) is 10.3. The van der Waals surface area contributed by atoms with Crippen molar-refractivity contribution in [3.8, 4) is 6.07 Å². The van der Waals surface area contributed by atoms with Gasteiger partial charge in [0.25, 0.3) is 5.56 Å². The number of nitriles is 1. The lowest BCUT2D eigenvalue weighted by atomic mass is 9.97. The van der Waals surface area contributed by atoms with Gasteiger partial charge in [0.1, 0.15) is 10.7 Å². The minimum absolute atomic E-state index is 0.106. The molecule has 0 aromatic carbocycles. The van der Waals surface area contributed by atoms with Crippen LogP contribution in [-0.4, -0.2) is 9.55 Å². The molecule has 0 unspecified atom stereocenters. The normalized spacial score (nSPS) is 14.1. The average molecular weight is 301 g/mol. The van der Waals surface area contributed by atoms with E-state index in [9.17, 15) is 4.79 Å². The Morgan fingerprint density at radius 3 is 2.95 bits per heavy atom. The molecule has 2 aromatic heterocycles. The molecule has 0 saturated carbocycles. The van der Waals surface area contributed by atoms with Gasteiger partial charge in [0.2, 0.25) is 0 Å². The first-order valence-electron chi connectivity index (χ1n) is 7.67. The maximum absolute atomic E-state index is 12.9. The molecule has 0 fully saturated rings. The Bertz CT molecular complexity index is 766. The van der Waals surface area contributed by atoms with Crippen molar-refractivity contribution in [1.29, 1.82) is 5.26 Å². The molecule has 5 heteroatoms. The number of aromatic nitrogens is 2. The standard InChI is InChI=1S/C16H19N3OS/c1-2-13-18-15-14(11-7-3-4-8-12(11)21-15)16(20)19(13)10-6-5-9-17/h2-8,10H2,1H3. The third kappa shape index (κ3) is 2.49. The van der Waals surface area contributed by atoms with Gasteiger partial charge in [0.15, 0.2) is 0 Å². The second-order valence-electron chi connectivity index (χ2n) is 5.49. The predicted molar refractivity (Wildman–Crippen MR) is 84.7 cm³/mol. The van der Waals surface area contributed by atoms with Crippen LogP contribution in [0, 0.1) is 11.3 Å². The third-order valence-corrected chi connectivity index (χ3v) is 5.33. The van der Waals surface area contributed by atoms with Crippen molar-refractivity contribution in [3.05, 3.63) is 26.6 Å². The Balaban J connectivity index is 2.15. The number of hydrogen-bond donors (Lipinski definition) is 0. The summed E-state index contributed by atoms with van der Waals surface area (Å²) in [6.07, 6.45) is 6.43. The van der Waals surface area contributed by atoms with Crippen molar-refractivity contribution in [1.82, 2.24) is 9.55 Å². The van der Waals surface area contributed by atoms with Crippen molar-refractivity contribution in [2.75, 3.05) is 0 Å². The van der Waals surface area contributed by atoms with Crippen molar-refractivity contribution >= 4 is 21.6 Å². The van der Waals surface area contributed by atoms with E-state index in [-0.39, 0.29) is 5.56 Å². The van der Waals surface area contributed by atoms with E-state index < -0.39 is 0 Å². The SMILES string of the molecule is CCc1nc2sc3c(c2c(=O)n1CCCC#N)CCCC3. The summed E-state index contributed by atoms with van der Waals surface area (Å²) in [5, 5.41) is 9.54. The van der Waals surface area contributed by atoms with Crippen LogP contribution in [-0.2, 0) is 25.8 Å². The molecule has 2 heterocycles. The summed E-state index contributed by atoms with van der Waals surface area (Å²) in [5.41, 5.74) is 1.35. The topological polar surface area (TPSA) is 58.7 Å². The van der Waals surface area contributed by atoms with Crippen LogP contribution in [0.15, 0.2) is 4.79 Å². The summed E-state index contributed by atoms with van der Waals surface area (Å²) >= 11 is 1.70. The van der Waals surface area contributed by atoms with Gasteiger partial charge in [-0.2, -0.15) is 5.26 Å². The van der Waals surface area contributed by atoms with Gasteiger partial charge in [0.05, 0.1) is 11.5 Å². The monoisotopic (exact) mass is 301 g/mol. The molecule has 0 aliphatic heterocycles. The number of unbranched alkanes of at least 4 members (excludes halogenated alkanes) is 1. The molecule has 1 aliphatic carbocycles. The van der Waals surface area contributed by atoms with Gasteiger partial charge in [-0.1, -0.05) is 6.92 Å². The van der Waals surface area contributed by atoms with Gasteiger partial charge < -0.3 is 0 Å². The Morgan fingerprint density at radius 2 is 2.19 bits per heavy atom. The fourth-order valence-corrected chi connectivity index (χ4v) is 4.37. The predicted octanol–water partition coefficient (Wildman–Crippen LogP) is 3.20. The van der Waals surface area contributed by atoms with E-state index in [4.69, 9.17) is 10.2 Å². The van der Waals surface area contributed by atoms with E-state index in [1.54, 1.807) is 15.9 Å². The average Bonchev–Trinajstić information content (AvgIpc) is 2.87. The summed E-state index contributed by atoms with van der Waals surface area (Å²) in [6, 6.07) is 2.14. The van der Waals surface area contributed by atoms with Crippen LogP contribution >= 0.6 is 11.3 Å². The van der Waals surface area contributed by atoms with Crippen LogP contribution in [0.4, 0.5) is 0 Å². The van der Waals surface area contributed by atoms with Gasteiger partial charge >= 0.3 is 0 Å². The van der Waals surface area contributed by atoms with Crippen molar-refractivity contribution in [2.45, 2.75) is 58.4 Å². The summed E-state index contributed by atoms with van der Waals surface area (Å²) < 4.78 is 1.79. The molecule has 4 nitrogen and oxygen atoms in total. The minimum Gasteiger partial charge on any atom is -0.296 e. The molecule has 0 radical (unpaired) electrons. The molecular formula is C16H19N3OS. The van der Waals surface area contributed by atoms with E-state index in [2.05, 4.69) is 6.07 Å². The zero-order valence-corrected chi connectivity index (χ0v) is 13.1. The van der Waals surface area contributed by atoms with Crippen LogP contribution in [0.1, 0.15) is 48.9 Å². The van der Waals surface area contributed by atoms with Crippen LogP contribution in [0.3, 0.4) is 0 Å². The Kier molecular flexibility index (Phi) is 4.07. The molecule has 1 aliphatic rings. The second kappa shape index (κ2) is 5.98. The lowest BCUT2D eigenvalue weighted by molar-refractivity contribution is 0.593. The van der Waals surface area contributed by atoms with Gasteiger partial charge in [-0.3, -0.25) is 9.36 Å². The molecule has 21 heavy (non-hydrogen) atoms. The highest BCUT2D eigenvalue weighted by atomic mass is 32.1. The molecule has 110 valence electrons. The van der Waals surface area contributed by atoms with Gasteiger partial charge in [0, 0.05) is 24.3 Å². The Morgan fingerprint density at radius 1 is 1.38 bits per heavy atom. The molecular weight excluding hydrogens is 282 g/mol. The second-order valence-corrected chi connectivity index (χ2v) is 6.57. The maximum atomic E-state index is 12.9. The van der Waals surface area contributed by atoms with Gasteiger partial charge in [-0.15, -0.1) is 11.3 Å². The lowest BCUT2D eigenvalue weighted by Gasteiger charge is -2.12. The molecule has 0 bridgehead atoms. The highest BCUT2D eigenvalue weighted by Crippen LogP contribution is 2.33. The fourth-order valence-electron chi connectivity index (χ4n) is 3.10. The molecule has 0 spiro atoms. The van der Waals surface area contributed by atoms with E-state index in [0.29, 0.717) is 19.4 Å². The van der Waals surface area contributed by atoms with Crippen LogP contribution in [0.5, 0.6) is 0 Å². The van der Waals surface area contributed by atoms with Crippen LogP contribution < -0.4 is 5.56 Å². The Labute approximate surface area is 128 Å². The molecule has 0 saturated heterocycles. The first-order valence-corrected chi connectivity index (χ1v) is 8.48. The largest absolute Gasteiger partial charge is 0.296 e. The summed E-state index contributed by atoms with van der Waals surface area (Å²) in [5.74, 6) is 0.851. The van der Waals surface area contributed by atoms with Gasteiger partial charge in [-0.05, 0) is 37.7 Å². The van der Waals surface area contributed by atoms with Crippen molar-refractivity contribution in [2.24, 2.45) is 0 Å². The highest BCUT2D eigenvalue weighted by molar-refractivity contribution is 7.18. The van der Waals surface area contributed by atoms with Gasteiger partial charge in [-0.25, -0.2) is 4.98 Å². The zero-order valence-electron chi connectivity index (χ0n) is 12.3. The molecule has 0 amide bonds. The summed E-state index contributed by atoms with van der Waals surface area (Å²) in [4.78, 5) is 19.9. The third-order valence-electron chi connectivity index (χ3n) is 4.14. The summed E-state index contributed by atoms with van der Waals surface area (Å²) in [7, 11) is 0. The number of thiophene rings is 1. The summed E-state index contributed by atoms with van der Waals surface area (Å²) in [6.45, 7) is 2.63. The Hall–Kier alpha value is -1.67. The first kappa shape index (κ1) is 14.3. The minimum atomic E-state index is 0.106. The lowest BCUT2D eigenvalue weighted by Crippen LogP contribution is -2.25. The van der Waals surface area contributed by atoms with E-state index in [1.165, 1.54) is 23.3 Å². The fraction of sp³-hybridized carbons (Fsp3) is 0.562. The maximum Gasteiger partial charge on any atom is 0.262 e. The molecule has 2 aromatic rings. The number of nitrogens with zero attached hydrogens (tertiary/aromatic N) is 3. The zero-order chi connectivity index (χ0) is 14.8. The van der Waals surface area contributed by atoms with Crippen LogP contribution in [0.25, 0.3) is 10.2 Å². The van der Waals surface area contributed by atoms with E-state index in [1.807, 2.05) is 6.92 Å². The highest BCUT2D eigenvalue weighted by Gasteiger charge is 2.21.